The first-order valence-corrected chi connectivity index (χ1v) is 8.94. The number of sulfonamides is 1. The molecule has 0 saturated carbocycles. The fourth-order valence-electron chi connectivity index (χ4n) is 2.50. The maximum Gasteiger partial charge on any atom is 0.211 e. The molecule has 106 valence electrons. The zero-order chi connectivity index (χ0) is 14.0. The molecule has 1 saturated heterocycles. The summed E-state index contributed by atoms with van der Waals surface area (Å²) in [5, 5.41) is 0. The van der Waals surface area contributed by atoms with Gasteiger partial charge >= 0.3 is 0 Å². The van der Waals surface area contributed by atoms with Crippen LogP contribution in [0.1, 0.15) is 12.5 Å². The molecule has 0 aromatic heterocycles. The molecule has 1 unspecified atom stereocenters. The lowest BCUT2D eigenvalue weighted by atomic mass is 10.1. The molecule has 0 radical (unpaired) electrons. The molecule has 1 aliphatic rings. The van der Waals surface area contributed by atoms with E-state index in [0.717, 1.165) is 24.1 Å². The summed E-state index contributed by atoms with van der Waals surface area (Å²) in [5.41, 5.74) is 1.25. The monoisotopic (exact) mass is 346 g/mol. The highest BCUT2D eigenvalue weighted by atomic mass is 79.9. The van der Waals surface area contributed by atoms with E-state index in [9.17, 15) is 8.42 Å². The summed E-state index contributed by atoms with van der Waals surface area (Å²) in [6.07, 6.45) is 1.29. The van der Waals surface area contributed by atoms with Gasteiger partial charge in [0.1, 0.15) is 0 Å². The van der Waals surface area contributed by atoms with Crippen LogP contribution in [0.4, 0.5) is 0 Å². The second-order valence-corrected chi connectivity index (χ2v) is 7.94. The molecular weight excluding hydrogens is 328 g/mol. The van der Waals surface area contributed by atoms with E-state index in [1.54, 1.807) is 4.31 Å². The Hall–Kier alpha value is -0.430. The van der Waals surface area contributed by atoms with E-state index < -0.39 is 10.0 Å². The fourth-order valence-corrected chi connectivity index (χ4v) is 3.90. The maximum absolute atomic E-state index is 11.6. The van der Waals surface area contributed by atoms with Gasteiger partial charge in [-0.15, -0.1) is 0 Å². The predicted molar refractivity (Wildman–Crippen MR) is 80.4 cm³/mol. The lowest BCUT2D eigenvalue weighted by Crippen LogP contribution is -2.53. The third-order valence-electron chi connectivity index (χ3n) is 3.40. The van der Waals surface area contributed by atoms with Crippen molar-refractivity contribution in [1.82, 2.24) is 9.21 Å². The van der Waals surface area contributed by atoms with Crippen LogP contribution in [0.15, 0.2) is 28.7 Å². The highest BCUT2D eigenvalue weighted by molar-refractivity contribution is 9.10. The second kappa shape index (κ2) is 5.91. The molecule has 19 heavy (non-hydrogen) atoms. The zero-order valence-corrected chi connectivity index (χ0v) is 13.6. The van der Waals surface area contributed by atoms with E-state index in [1.165, 1.54) is 11.8 Å². The number of hydrogen-bond donors (Lipinski definition) is 0. The number of rotatable bonds is 3. The molecule has 6 heteroatoms. The molecule has 1 heterocycles. The number of piperazine rings is 1. The van der Waals surface area contributed by atoms with Crippen molar-refractivity contribution in [3.63, 3.8) is 0 Å². The molecule has 4 nitrogen and oxygen atoms in total. The smallest absolute Gasteiger partial charge is 0.211 e. The molecule has 1 aliphatic heterocycles. The van der Waals surface area contributed by atoms with Crippen LogP contribution in [0.5, 0.6) is 0 Å². The van der Waals surface area contributed by atoms with Gasteiger partial charge in [0.25, 0.3) is 0 Å². The normalized spacial score (nSPS) is 22.6. The fraction of sp³-hybridized carbons (Fsp3) is 0.538. The highest BCUT2D eigenvalue weighted by Gasteiger charge is 2.29. The third kappa shape index (κ3) is 4.02. The number of benzene rings is 1. The van der Waals surface area contributed by atoms with Crippen LogP contribution in [-0.2, 0) is 16.6 Å². The van der Waals surface area contributed by atoms with Crippen molar-refractivity contribution >= 4 is 26.0 Å². The van der Waals surface area contributed by atoms with Gasteiger partial charge in [0.15, 0.2) is 0 Å². The topological polar surface area (TPSA) is 40.6 Å². The van der Waals surface area contributed by atoms with Crippen molar-refractivity contribution in [2.45, 2.75) is 19.5 Å². The van der Waals surface area contributed by atoms with Crippen molar-refractivity contribution in [2.75, 3.05) is 25.9 Å². The lowest BCUT2D eigenvalue weighted by molar-refractivity contribution is 0.138. The third-order valence-corrected chi connectivity index (χ3v) is 5.32. The molecule has 1 aromatic carbocycles. The average molecular weight is 347 g/mol. The van der Waals surface area contributed by atoms with Gasteiger partial charge in [-0.1, -0.05) is 28.1 Å². The van der Waals surface area contributed by atoms with Crippen LogP contribution in [0.25, 0.3) is 0 Å². The van der Waals surface area contributed by atoms with Gasteiger partial charge in [0.05, 0.1) is 6.26 Å². The Morgan fingerprint density at radius 2 is 1.89 bits per heavy atom. The van der Waals surface area contributed by atoms with E-state index in [-0.39, 0.29) is 6.04 Å². The van der Waals surface area contributed by atoms with E-state index in [2.05, 4.69) is 33.0 Å². The van der Waals surface area contributed by atoms with Crippen LogP contribution in [0.2, 0.25) is 0 Å². The SMILES string of the molecule is CC1CN(Cc2ccc(Br)cc2)CCN1S(C)(=O)=O. The van der Waals surface area contributed by atoms with Crippen molar-refractivity contribution in [1.29, 1.82) is 0 Å². The van der Waals surface area contributed by atoms with E-state index in [4.69, 9.17) is 0 Å². The van der Waals surface area contributed by atoms with Gasteiger partial charge in [-0.3, -0.25) is 4.90 Å². The first-order chi connectivity index (χ1) is 8.86. The van der Waals surface area contributed by atoms with Gasteiger partial charge in [-0.05, 0) is 24.6 Å². The molecule has 0 aliphatic carbocycles. The van der Waals surface area contributed by atoms with Crippen LogP contribution in [0.3, 0.4) is 0 Å². The van der Waals surface area contributed by atoms with Crippen LogP contribution >= 0.6 is 15.9 Å². The molecule has 1 atom stereocenters. The molecular formula is C13H19BrN2O2S. The molecule has 1 aromatic rings. The first kappa shape index (κ1) is 15.0. The first-order valence-electron chi connectivity index (χ1n) is 6.30. The number of hydrogen-bond acceptors (Lipinski definition) is 3. The van der Waals surface area contributed by atoms with Crippen molar-refractivity contribution in [3.05, 3.63) is 34.3 Å². The summed E-state index contributed by atoms with van der Waals surface area (Å²) in [6.45, 7) is 4.98. The molecule has 0 bridgehead atoms. The van der Waals surface area contributed by atoms with Crippen molar-refractivity contribution in [3.8, 4) is 0 Å². The summed E-state index contributed by atoms with van der Waals surface area (Å²) in [6, 6.07) is 8.30. The van der Waals surface area contributed by atoms with Gasteiger partial charge in [-0.25, -0.2) is 8.42 Å². The summed E-state index contributed by atoms with van der Waals surface area (Å²) in [7, 11) is -3.08. The summed E-state index contributed by atoms with van der Waals surface area (Å²) in [4.78, 5) is 2.30. The summed E-state index contributed by atoms with van der Waals surface area (Å²) >= 11 is 3.42. The van der Waals surface area contributed by atoms with E-state index in [1.807, 2.05) is 19.1 Å². The summed E-state index contributed by atoms with van der Waals surface area (Å²) < 4.78 is 25.9. The molecule has 0 N–H and O–H groups in total. The Morgan fingerprint density at radius 1 is 1.26 bits per heavy atom. The minimum absolute atomic E-state index is 0.0409. The quantitative estimate of drug-likeness (QED) is 0.839. The molecule has 1 fully saturated rings. The standard InChI is InChI=1S/C13H19BrN2O2S/c1-11-9-15(7-8-16(11)19(2,17)18)10-12-3-5-13(14)6-4-12/h3-6,11H,7-10H2,1-2H3. The minimum atomic E-state index is -3.08. The lowest BCUT2D eigenvalue weighted by Gasteiger charge is -2.38. The number of nitrogens with zero attached hydrogens (tertiary/aromatic N) is 2. The van der Waals surface area contributed by atoms with Crippen LogP contribution in [-0.4, -0.2) is 49.6 Å². The Balaban J connectivity index is 1.97. The Bertz CT molecular complexity index is 530. The number of halogens is 1. The van der Waals surface area contributed by atoms with Gasteiger partial charge in [-0.2, -0.15) is 4.31 Å². The van der Waals surface area contributed by atoms with Gasteiger partial charge in [0, 0.05) is 36.7 Å². The minimum Gasteiger partial charge on any atom is -0.296 e. The van der Waals surface area contributed by atoms with Crippen LogP contribution < -0.4 is 0 Å². The van der Waals surface area contributed by atoms with Crippen molar-refractivity contribution in [2.24, 2.45) is 0 Å². The second-order valence-electron chi connectivity index (χ2n) is 5.08. The van der Waals surface area contributed by atoms with Crippen LogP contribution in [0, 0.1) is 0 Å². The Labute approximate surface area is 123 Å². The van der Waals surface area contributed by atoms with Crippen molar-refractivity contribution < 1.29 is 8.42 Å². The maximum atomic E-state index is 11.6. The highest BCUT2D eigenvalue weighted by Crippen LogP contribution is 2.17. The van der Waals surface area contributed by atoms with E-state index in [0.29, 0.717) is 6.54 Å². The predicted octanol–water partition coefficient (Wildman–Crippen LogP) is 1.91. The zero-order valence-electron chi connectivity index (χ0n) is 11.2. The Kier molecular flexibility index (Phi) is 4.66. The average Bonchev–Trinajstić information content (AvgIpc) is 2.30. The molecule has 0 spiro atoms. The van der Waals surface area contributed by atoms with Gasteiger partial charge < -0.3 is 0 Å². The Morgan fingerprint density at radius 3 is 2.42 bits per heavy atom. The molecule has 2 rings (SSSR count). The van der Waals surface area contributed by atoms with E-state index >= 15 is 0 Å². The summed E-state index contributed by atoms with van der Waals surface area (Å²) in [5.74, 6) is 0. The molecule has 0 amide bonds. The van der Waals surface area contributed by atoms with Gasteiger partial charge in [0.2, 0.25) is 10.0 Å². The largest absolute Gasteiger partial charge is 0.296 e.